The van der Waals surface area contributed by atoms with Gasteiger partial charge in [0.05, 0.1) is 12.8 Å². The van der Waals surface area contributed by atoms with Crippen molar-refractivity contribution >= 4 is 5.82 Å². The Labute approximate surface area is 111 Å². The van der Waals surface area contributed by atoms with Crippen LogP contribution in [0.5, 0.6) is 11.5 Å². The summed E-state index contributed by atoms with van der Waals surface area (Å²) in [6.45, 7) is 1.54. The van der Waals surface area contributed by atoms with E-state index in [1.54, 1.807) is 32.2 Å². The molecule has 0 aliphatic heterocycles. The number of anilines is 1. The lowest BCUT2D eigenvalue weighted by atomic mass is 10.1. The Morgan fingerprint density at radius 1 is 1.26 bits per heavy atom. The number of aromatic nitrogens is 1. The van der Waals surface area contributed by atoms with Crippen LogP contribution < -0.4 is 15.2 Å². The maximum absolute atomic E-state index is 9.20. The number of ether oxygens (including phenoxy) is 2. The third-order valence-electron chi connectivity index (χ3n) is 2.53. The van der Waals surface area contributed by atoms with Crippen LogP contribution >= 0.6 is 0 Å². The molecule has 19 heavy (non-hydrogen) atoms. The molecule has 5 nitrogen and oxygen atoms in total. The molecule has 3 N–H and O–H groups in total. The standard InChI is InChI=1S/C14H16N2O3/c1-9(17)19-10-6-7-11(13(8-10)18-2)12-4-3-5-14(15)16-12/h3-9,17H,1-2H3,(H2,15,16). The summed E-state index contributed by atoms with van der Waals surface area (Å²) in [7, 11) is 1.57. The van der Waals surface area contributed by atoms with Gasteiger partial charge in [0.15, 0.2) is 6.29 Å². The zero-order valence-corrected chi connectivity index (χ0v) is 10.8. The van der Waals surface area contributed by atoms with Gasteiger partial charge in [0.1, 0.15) is 17.3 Å². The monoisotopic (exact) mass is 260 g/mol. The zero-order chi connectivity index (χ0) is 13.8. The summed E-state index contributed by atoms with van der Waals surface area (Å²) in [6.07, 6.45) is -0.874. The highest BCUT2D eigenvalue weighted by Crippen LogP contribution is 2.32. The molecule has 100 valence electrons. The van der Waals surface area contributed by atoms with Gasteiger partial charge in [0.2, 0.25) is 0 Å². The number of nitrogens with zero attached hydrogens (tertiary/aromatic N) is 1. The molecule has 0 saturated carbocycles. The van der Waals surface area contributed by atoms with Gasteiger partial charge >= 0.3 is 0 Å². The Morgan fingerprint density at radius 2 is 2.05 bits per heavy atom. The molecule has 1 atom stereocenters. The average Bonchev–Trinajstić information content (AvgIpc) is 2.37. The van der Waals surface area contributed by atoms with E-state index in [0.29, 0.717) is 17.3 Å². The average molecular weight is 260 g/mol. The van der Waals surface area contributed by atoms with Crippen LogP contribution in [0.3, 0.4) is 0 Å². The number of hydrogen-bond acceptors (Lipinski definition) is 5. The summed E-state index contributed by atoms with van der Waals surface area (Å²) >= 11 is 0. The van der Waals surface area contributed by atoms with Crippen molar-refractivity contribution in [3.05, 3.63) is 36.4 Å². The lowest BCUT2D eigenvalue weighted by Gasteiger charge is -2.13. The number of pyridine rings is 1. The molecular weight excluding hydrogens is 244 g/mol. The molecule has 0 aliphatic rings. The van der Waals surface area contributed by atoms with E-state index in [9.17, 15) is 5.11 Å². The SMILES string of the molecule is COc1cc(OC(C)O)ccc1-c1cccc(N)n1. The van der Waals surface area contributed by atoms with Crippen LogP contribution in [0, 0.1) is 0 Å². The maximum Gasteiger partial charge on any atom is 0.194 e. The van der Waals surface area contributed by atoms with Crippen LogP contribution in [-0.2, 0) is 0 Å². The molecule has 0 radical (unpaired) electrons. The largest absolute Gasteiger partial charge is 0.496 e. The van der Waals surface area contributed by atoms with E-state index in [4.69, 9.17) is 15.2 Å². The van der Waals surface area contributed by atoms with E-state index >= 15 is 0 Å². The fraction of sp³-hybridized carbons (Fsp3) is 0.214. The number of rotatable bonds is 4. The predicted octanol–water partition coefficient (Wildman–Crippen LogP) is 2.06. The Balaban J connectivity index is 2.41. The summed E-state index contributed by atoms with van der Waals surface area (Å²) in [6, 6.07) is 10.7. The van der Waals surface area contributed by atoms with Crippen LogP contribution in [0.2, 0.25) is 0 Å². The van der Waals surface area contributed by atoms with Crippen molar-refractivity contribution in [1.82, 2.24) is 4.98 Å². The first-order chi connectivity index (χ1) is 9.10. The number of benzene rings is 1. The molecule has 2 rings (SSSR count). The second-order valence-corrected chi connectivity index (χ2v) is 4.03. The lowest BCUT2D eigenvalue weighted by Crippen LogP contribution is -2.09. The molecule has 0 fully saturated rings. The molecule has 2 aromatic rings. The van der Waals surface area contributed by atoms with Crippen molar-refractivity contribution in [2.24, 2.45) is 0 Å². The molecular formula is C14H16N2O3. The molecule has 1 aromatic carbocycles. The fourth-order valence-electron chi connectivity index (χ4n) is 1.75. The van der Waals surface area contributed by atoms with Gasteiger partial charge < -0.3 is 20.3 Å². The van der Waals surface area contributed by atoms with Gasteiger partial charge in [0, 0.05) is 11.6 Å². The van der Waals surface area contributed by atoms with Gasteiger partial charge in [-0.2, -0.15) is 0 Å². The van der Waals surface area contributed by atoms with Crippen molar-refractivity contribution in [2.45, 2.75) is 13.2 Å². The minimum Gasteiger partial charge on any atom is -0.496 e. The first-order valence-electron chi connectivity index (χ1n) is 5.86. The quantitative estimate of drug-likeness (QED) is 0.823. The van der Waals surface area contributed by atoms with E-state index in [2.05, 4.69) is 4.98 Å². The maximum atomic E-state index is 9.20. The molecule has 5 heteroatoms. The molecule has 0 amide bonds. The van der Waals surface area contributed by atoms with Gasteiger partial charge in [-0.3, -0.25) is 0 Å². The third kappa shape index (κ3) is 3.14. The molecule has 0 bridgehead atoms. The molecule has 0 spiro atoms. The van der Waals surface area contributed by atoms with Crippen LogP contribution in [0.25, 0.3) is 11.3 Å². The van der Waals surface area contributed by atoms with E-state index in [-0.39, 0.29) is 0 Å². The summed E-state index contributed by atoms with van der Waals surface area (Å²) in [5.41, 5.74) is 7.21. The Kier molecular flexibility index (Phi) is 3.87. The Morgan fingerprint density at radius 3 is 2.68 bits per heavy atom. The number of nitrogens with two attached hydrogens (primary N) is 1. The summed E-state index contributed by atoms with van der Waals surface area (Å²) in [5.74, 6) is 1.58. The van der Waals surface area contributed by atoms with Crippen LogP contribution in [0.4, 0.5) is 5.82 Å². The van der Waals surface area contributed by atoms with Crippen molar-refractivity contribution in [3.8, 4) is 22.8 Å². The van der Waals surface area contributed by atoms with Crippen LogP contribution in [-0.4, -0.2) is 23.5 Å². The van der Waals surface area contributed by atoms with Gasteiger partial charge in [0.25, 0.3) is 0 Å². The number of aliphatic hydroxyl groups excluding tert-OH is 1. The molecule has 0 aliphatic carbocycles. The fourth-order valence-corrected chi connectivity index (χ4v) is 1.75. The van der Waals surface area contributed by atoms with Crippen LogP contribution in [0.1, 0.15) is 6.92 Å². The van der Waals surface area contributed by atoms with Gasteiger partial charge in [-0.1, -0.05) is 6.07 Å². The Bertz CT molecular complexity index is 570. The third-order valence-corrected chi connectivity index (χ3v) is 2.53. The summed E-state index contributed by atoms with van der Waals surface area (Å²) < 4.78 is 10.5. The minimum absolute atomic E-state index is 0.448. The first-order valence-corrected chi connectivity index (χ1v) is 5.86. The number of hydrogen-bond donors (Lipinski definition) is 2. The summed E-state index contributed by atoms with van der Waals surface area (Å²) in [5, 5.41) is 9.20. The molecule has 1 unspecified atom stereocenters. The van der Waals surface area contributed by atoms with E-state index in [1.165, 1.54) is 0 Å². The van der Waals surface area contributed by atoms with Gasteiger partial charge in [-0.25, -0.2) is 4.98 Å². The van der Waals surface area contributed by atoms with Gasteiger partial charge in [-0.05, 0) is 31.2 Å². The minimum atomic E-state index is -0.874. The molecule has 0 saturated heterocycles. The number of aliphatic hydroxyl groups is 1. The van der Waals surface area contributed by atoms with Crippen molar-refractivity contribution in [3.63, 3.8) is 0 Å². The Hall–Kier alpha value is -2.27. The van der Waals surface area contributed by atoms with E-state index in [1.807, 2.05) is 18.2 Å². The number of methoxy groups -OCH3 is 1. The highest BCUT2D eigenvalue weighted by molar-refractivity contribution is 5.69. The van der Waals surface area contributed by atoms with Crippen molar-refractivity contribution < 1.29 is 14.6 Å². The second kappa shape index (κ2) is 5.58. The highest BCUT2D eigenvalue weighted by atomic mass is 16.6. The van der Waals surface area contributed by atoms with Gasteiger partial charge in [-0.15, -0.1) is 0 Å². The highest BCUT2D eigenvalue weighted by Gasteiger charge is 2.10. The van der Waals surface area contributed by atoms with Crippen LogP contribution in [0.15, 0.2) is 36.4 Å². The van der Waals surface area contributed by atoms with Crippen molar-refractivity contribution in [2.75, 3.05) is 12.8 Å². The normalized spacial score (nSPS) is 11.9. The summed E-state index contributed by atoms with van der Waals surface area (Å²) in [4.78, 5) is 4.25. The lowest BCUT2D eigenvalue weighted by molar-refractivity contribution is -0.000395. The first kappa shape index (κ1) is 13.2. The van der Waals surface area contributed by atoms with E-state index < -0.39 is 6.29 Å². The van der Waals surface area contributed by atoms with Crippen molar-refractivity contribution in [1.29, 1.82) is 0 Å². The predicted molar refractivity (Wildman–Crippen MR) is 72.9 cm³/mol. The smallest absolute Gasteiger partial charge is 0.194 e. The number of nitrogen functional groups attached to an aromatic ring is 1. The topological polar surface area (TPSA) is 77.6 Å². The molecule has 1 heterocycles. The van der Waals surface area contributed by atoms with E-state index in [0.717, 1.165) is 11.3 Å². The second-order valence-electron chi connectivity index (χ2n) is 4.03. The zero-order valence-electron chi connectivity index (χ0n) is 10.8. The molecule has 1 aromatic heterocycles.